The Balaban J connectivity index is 2.33. The summed E-state index contributed by atoms with van der Waals surface area (Å²) in [5.74, 6) is -10.0. The second kappa shape index (κ2) is 22.1. The van der Waals surface area contributed by atoms with Crippen molar-refractivity contribution in [2.24, 2.45) is 17.6 Å². The van der Waals surface area contributed by atoms with Crippen molar-refractivity contribution in [3.05, 3.63) is 29.8 Å². The quantitative estimate of drug-likeness (QED) is 0.0660. The Morgan fingerprint density at radius 1 is 0.754 bits per heavy atom. The molecule has 0 radical (unpaired) electrons. The Morgan fingerprint density at radius 2 is 1.35 bits per heavy atom. The van der Waals surface area contributed by atoms with E-state index in [1.807, 2.05) is 13.8 Å². The molecule has 7 atom stereocenters. The molecule has 1 heterocycles. The van der Waals surface area contributed by atoms with Crippen LogP contribution in [0.25, 0.3) is 0 Å². The van der Waals surface area contributed by atoms with Crippen LogP contribution in [0.5, 0.6) is 5.75 Å². The zero-order chi connectivity index (χ0) is 43.1. The summed E-state index contributed by atoms with van der Waals surface area (Å²) in [5, 5.41) is 49.7. The van der Waals surface area contributed by atoms with Crippen LogP contribution < -0.4 is 32.3 Å². The van der Waals surface area contributed by atoms with Gasteiger partial charge in [-0.25, -0.2) is 0 Å². The van der Waals surface area contributed by atoms with Crippen molar-refractivity contribution >= 4 is 53.4 Å². The molecule has 57 heavy (non-hydrogen) atoms. The van der Waals surface area contributed by atoms with Crippen LogP contribution in [0.4, 0.5) is 0 Å². The molecule has 316 valence electrons. The Hall–Kier alpha value is -5.79. The number of aliphatic carboxylic acids is 3. The average Bonchev–Trinajstić information content (AvgIpc) is 3.61. The molecule has 1 aromatic rings. The number of nitrogens with one attached hydrogen (secondary N) is 5. The Bertz CT molecular complexity index is 1640. The number of rotatable bonds is 22. The summed E-state index contributed by atoms with van der Waals surface area (Å²) in [6.45, 7) is 8.10. The van der Waals surface area contributed by atoms with E-state index in [2.05, 4.69) is 26.6 Å². The highest BCUT2D eigenvalue weighted by Gasteiger charge is 2.40. The number of nitrogens with two attached hydrogens (primary N) is 1. The number of nitrogens with zero attached hydrogens (tertiary/aromatic N) is 1. The van der Waals surface area contributed by atoms with Crippen LogP contribution in [-0.4, -0.2) is 128 Å². The van der Waals surface area contributed by atoms with E-state index in [0.717, 1.165) is 0 Å². The molecule has 20 heteroatoms. The first-order valence-corrected chi connectivity index (χ1v) is 18.6. The third-order valence-corrected chi connectivity index (χ3v) is 9.16. The zero-order valence-corrected chi connectivity index (χ0v) is 32.7. The molecule has 1 aromatic carbocycles. The molecule has 1 saturated heterocycles. The lowest BCUT2D eigenvalue weighted by atomic mass is 10.0. The highest BCUT2D eigenvalue weighted by Crippen LogP contribution is 2.21. The highest BCUT2D eigenvalue weighted by molar-refractivity contribution is 5.98. The smallest absolute Gasteiger partial charge is 0.325 e. The predicted octanol–water partition coefficient (Wildman–Crippen LogP) is -1.18. The molecule has 11 N–H and O–H groups in total. The minimum Gasteiger partial charge on any atom is -0.508 e. The number of phenolic OH excluding ortho intramolecular Hbond substituents is 1. The number of carboxylic acids is 3. The molecule has 20 nitrogen and oxygen atoms in total. The van der Waals surface area contributed by atoms with Gasteiger partial charge >= 0.3 is 17.9 Å². The number of hydrogen-bond acceptors (Lipinski definition) is 11. The molecule has 0 unspecified atom stereocenters. The Morgan fingerprint density at radius 3 is 1.89 bits per heavy atom. The van der Waals surface area contributed by atoms with Gasteiger partial charge < -0.3 is 57.6 Å². The summed E-state index contributed by atoms with van der Waals surface area (Å²) in [5.41, 5.74) is 6.65. The van der Waals surface area contributed by atoms with Crippen LogP contribution in [0.15, 0.2) is 24.3 Å². The SMILES string of the molecule is CC(C)C[C@H](N)C(=O)N[C@@H](Cc1ccc(O)cc1)C(=O)N1CCC[C@H]1C(=O)N[C@@H](CC(=O)O)C(=O)N[C@@H](CCC(=O)O)C(=O)N[C@H](C(=O)N[C@@H](C)C(=O)O)C(C)C. The van der Waals surface area contributed by atoms with Crippen molar-refractivity contribution in [3.63, 3.8) is 0 Å². The fraction of sp³-hybridized carbons (Fsp3) is 0.595. The van der Waals surface area contributed by atoms with E-state index in [-0.39, 0.29) is 31.1 Å². The fourth-order valence-electron chi connectivity index (χ4n) is 6.08. The number of carboxylic acid groups (broad SMARTS) is 3. The number of aromatic hydroxyl groups is 1. The van der Waals surface area contributed by atoms with Crippen LogP contribution in [-0.2, 0) is 49.6 Å². The summed E-state index contributed by atoms with van der Waals surface area (Å²) in [6.07, 6.45) is -1.42. The van der Waals surface area contributed by atoms with Gasteiger partial charge in [-0.1, -0.05) is 39.8 Å². The third kappa shape index (κ3) is 15.3. The van der Waals surface area contributed by atoms with Gasteiger partial charge in [0.1, 0.15) is 42.0 Å². The maximum atomic E-state index is 14.1. The number of amides is 6. The van der Waals surface area contributed by atoms with E-state index >= 15 is 0 Å². The maximum Gasteiger partial charge on any atom is 0.325 e. The van der Waals surface area contributed by atoms with Crippen LogP contribution in [0.1, 0.15) is 78.7 Å². The Kier molecular flexibility index (Phi) is 18.3. The van der Waals surface area contributed by atoms with Crippen molar-refractivity contribution in [2.45, 2.75) is 122 Å². The molecule has 0 bridgehead atoms. The summed E-state index contributed by atoms with van der Waals surface area (Å²) in [6, 6.07) is -3.55. The van der Waals surface area contributed by atoms with Crippen LogP contribution in [0.3, 0.4) is 0 Å². The number of hydrogen-bond donors (Lipinski definition) is 10. The van der Waals surface area contributed by atoms with Crippen molar-refractivity contribution < 1.29 is 63.6 Å². The average molecular weight is 806 g/mol. The largest absolute Gasteiger partial charge is 0.508 e. The summed E-state index contributed by atoms with van der Waals surface area (Å²) in [7, 11) is 0. The first-order valence-electron chi connectivity index (χ1n) is 18.6. The molecule has 2 rings (SSSR count). The first kappa shape index (κ1) is 47.4. The number of benzene rings is 1. The molecular formula is C37H55N7O13. The minimum absolute atomic E-state index is 0.0236. The zero-order valence-electron chi connectivity index (χ0n) is 32.7. The van der Waals surface area contributed by atoms with Crippen LogP contribution in [0.2, 0.25) is 0 Å². The van der Waals surface area contributed by atoms with E-state index in [1.54, 1.807) is 26.0 Å². The van der Waals surface area contributed by atoms with Gasteiger partial charge in [0.25, 0.3) is 0 Å². The van der Waals surface area contributed by atoms with Crippen LogP contribution in [0, 0.1) is 11.8 Å². The van der Waals surface area contributed by atoms with Crippen molar-refractivity contribution in [1.29, 1.82) is 0 Å². The second-order valence-electron chi connectivity index (χ2n) is 14.8. The molecule has 0 spiro atoms. The standard InChI is InChI=1S/C37H55N7O13/c1-18(2)15-23(38)31(50)42-26(16-21-8-10-22(45)11-9-21)36(55)44-14-6-7-27(44)34(53)41-25(17-29(48)49)33(52)40-24(12-13-28(46)47)32(51)43-30(19(3)4)35(54)39-20(5)37(56)57/h8-11,18-20,23-27,30,45H,6-7,12-17,38H2,1-5H3,(H,39,54)(H,40,52)(H,41,53)(H,42,50)(H,43,51)(H,46,47)(H,48,49)(H,56,57)/t20-,23-,24-,25-,26-,27-,30-/m0/s1. The molecule has 1 aliphatic heterocycles. The number of carbonyl (C=O) groups is 9. The number of phenols is 1. The molecule has 0 aliphatic carbocycles. The van der Waals surface area contributed by atoms with Gasteiger partial charge in [-0.3, -0.25) is 43.2 Å². The second-order valence-corrected chi connectivity index (χ2v) is 14.8. The third-order valence-electron chi connectivity index (χ3n) is 9.16. The molecular weight excluding hydrogens is 750 g/mol. The van der Waals surface area contributed by atoms with Crippen molar-refractivity contribution in [1.82, 2.24) is 31.5 Å². The van der Waals surface area contributed by atoms with Crippen molar-refractivity contribution in [3.8, 4) is 5.75 Å². The Labute approximate surface area is 329 Å². The molecule has 1 aliphatic rings. The summed E-state index contributed by atoms with van der Waals surface area (Å²) >= 11 is 0. The van der Waals surface area contributed by atoms with Gasteiger partial charge in [-0.15, -0.1) is 0 Å². The lowest BCUT2D eigenvalue weighted by molar-refractivity contribution is -0.144. The maximum absolute atomic E-state index is 14.1. The van der Waals surface area contributed by atoms with E-state index in [4.69, 9.17) is 10.8 Å². The summed E-state index contributed by atoms with van der Waals surface area (Å²) < 4.78 is 0. The van der Waals surface area contributed by atoms with E-state index in [1.165, 1.54) is 24.0 Å². The van der Waals surface area contributed by atoms with E-state index in [0.29, 0.717) is 18.4 Å². The lowest BCUT2D eigenvalue weighted by Gasteiger charge is -2.30. The van der Waals surface area contributed by atoms with E-state index in [9.17, 15) is 58.5 Å². The molecule has 1 fully saturated rings. The van der Waals surface area contributed by atoms with Gasteiger partial charge in [0.2, 0.25) is 35.4 Å². The van der Waals surface area contributed by atoms with Gasteiger partial charge in [0, 0.05) is 19.4 Å². The lowest BCUT2D eigenvalue weighted by Crippen LogP contribution is -2.60. The first-order chi connectivity index (χ1) is 26.6. The van der Waals surface area contributed by atoms with Crippen molar-refractivity contribution in [2.75, 3.05) is 6.54 Å². The molecule has 6 amide bonds. The number of likely N-dealkylation sites (tertiary alicyclic amines) is 1. The normalized spacial score (nSPS) is 17.0. The summed E-state index contributed by atoms with van der Waals surface area (Å²) in [4.78, 5) is 116. The van der Waals surface area contributed by atoms with Crippen LogP contribution >= 0.6 is 0 Å². The monoisotopic (exact) mass is 805 g/mol. The van der Waals surface area contributed by atoms with Gasteiger partial charge in [0.05, 0.1) is 12.5 Å². The molecule has 0 saturated carbocycles. The van der Waals surface area contributed by atoms with Gasteiger partial charge in [-0.05, 0) is 62.1 Å². The topological polar surface area (TPSA) is 324 Å². The predicted molar refractivity (Wildman–Crippen MR) is 201 cm³/mol. The molecule has 0 aromatic heterocycles. The minimum atomic E-state index is -1.82. The van der Waals surface area contributed by atoms with Gasteiger partial charge in [-0.2, -0.15) is 0 Å². The highest BCUT2D eigenvalue weighted by atomic mass is 16.4. The number of carbonyl (C=O) groups excluding carboxylic acids is 6. The van der Waals surface area contributed by atoms with E-state index < -0.39 is 121 Å². The fourth-order valence-corrected chi connectivity index (χ4v) is 6.08. The van der Waals surface area contributed by atoms with Gasteiger partial charge in [0.15, 0.2) is 0 Å².